The topological polar surface area (TPSA) is 134 Å². The van der Waals surface area contributed by atoms with Gasteiger partial charge in [-0.3, -0.25) is 19.6 Å². The fourth-order valence-electron chi connectivity index (χ4n) is 4.28. The lowest BCUT2D eigenvalue weighted by Crippen LogP contribution is -2.27. The minimum atomic E-state index is -0.446. The molecule has 0 radical (unpaired) electrons. The van der Waals surface area contributed by atoms with Crippen LogP contribution in [0.3, 0.4) is 0 Å². The summed E-state index contributed by atoms with van der Waals surface area (Å²) >= 11 is 0. The van der Waals surface area contributed by atoms with E-state index >= 15 is 0 Å². The number of carbonyl (C=O) groups excluding carboxylic acids is 3. The van der Waals surface area contributed by atoms with Crippen LogP contribution in [-0.4, -0.2) is 29.0 Å². The largest absolute Gasteiger partial charge is 0.327 e. The Balaban J connectivity index is 1.35. The molecule has 0 bridgehead atoms. The third-order valence-electron chi connectivity index (χ3n) is 6.42. The monoisotopic (exact) mass is 480 g/mol. The molecule has 2 aromatic carbocycles. The van der Waals surface area contributed by atoms with Gasteiger partial charge in [0.1, 0.15) is 0 Å². The van der Waals surface area contributed by atoms with Crippen molar-refractivity contribution in [2.75, 3.05) is 10.6 Å². The second-order valence-electron chi connectivity index (χ2n) is 9.70. The Labute approximate surface area is 206 Å². The number of hydrogen-bond acceptors (Lipinski definition) is 5. The fraction of sp³-hybridized carbons (Fsp3) is 0.444. The van der Waals surface area contributed by atoms with E-state index in [1.165, 1.54) is 5.56 Å². The molecule has 8 nitrogen and oxygen atoms in total. The van der Waals surface area contributed by atoms with Gasteiger partial charge in [-0.2, -0.15) is 0 Å². The van der Waals surface area contributed by atoms with Crippen molar-refractivity contribution in [1.29, 1.82) is 0 Å². The Morgan fingerprint density at radius 3 is 2.11 bits per heavy atom. The molecule has 1 fully saturated rings. The molecule has 1 aliphatic carbocycles. The van der Waals surface area contributed by atoms with Crippen molar-refractivity contribution in [3.63, 3.8) is 0 Å². The molecule has 0 saturated heterocycles. The molecule has 2 aromatic rings. The lowest BCUT2D eigenvalue weighted by molar-refractivity contribution is -0.133. The van der Waals surface area contributed by atoms with Gasteiger partial charge in [0.05, 0.1) is 0 Å². The maximum absolute atomic E-state index is 12.3. The quantitative estimate of drug-likeness (QED) is 0.232. The molecule has 0 spiro atoms. The van der Waals surface area contributed by atoms with Crippen molar-refractivity contribution in [2.45, 2.75) is 64.3 Å². The molecule has 3 amide bonds. The van der Waals surface area contributed by atoms with E-state index in [2.05, 4.69) is 10.6 Å². The molecule has 188 valence electrons. The van der Waals surface area contributed by atoms with E-state index in [9.17, 15) is 14.4 Å². The highest BCUT2D eigenvalue weighted by Crippen LogP contribution is 2.39. The molecule has 6 N–H and O–H groups in total. The average Bonchev–Trinajstić information content (AvgIpc) is 3.56. The number of hydrogen-bond donors (Lipinski definition) is 5. The molecule has 35 heavy (non-hydrogen) atoms. The minimum Gasteiger partial charge on any atom is -0.327 e. The number of aryl methyl sites for hydroxylation is 1. The Hall–Kier alpha value is -3.23. The molecular formula is C27H36N4O4. The molecule has 4 unspecified atom stereocenters. The molecule has 1 aliphatic rings. The summed E-state index contributed by atoms with van der Waals surface area (Å²) in [4.78, 5) is 35.9. The van der Waals surface area contributed by atoms with Gasteiger partial charge >= 0.3 is 0 Å². The molecule has 0 heterocycles. The average molecular weight is 481 g/mol. The van der Waals surface area contributed by atoms with Crippen LogP contribution in [0.15, 0.2) is 48.5 Å². The summed E-state index contributed by atoms with van der Waals surface area (Å²) < 4.78 is 0. The lowest BCUT2D eigenvalue weighted by atomic mass is 9.94. The first-order valence-electron chi connectivity index (χ1n) is 12.2. The predicted octanol–water partition coefficient (Wildman–Crippen LogP) is 3.96. The number of rotatable bonds is 12. The van der Waals surface area contributed by atoms with Crippen LogP contribution in [0, 0.1) is 11.8 Å². The Bertz CT molecular complexity index is 1010. The maximum atomic E-state index is 12.3. The fourth-order valence-corrected chi connectivity index (χ4v) is 4.28. The van der Waals surface area contributed by atoms with Crippen LogP contribution in [0.2, 0.25) is 0 Å². The molecule has 1 saturated carbocycles. The van der Waals surface area contributed by atoms with Crippen LogP contribution in [0.5, 0.6) is 0 Å². The summed E-state index contributed by atoms with van der Waals surface area (Å²) in [5, 5.41) is 14.5. The first-order chi connectivity index (χ1) is 16.7. The van der Waals surface area contributed by atoms with Crippen LogP contribution < -0.4 is 21.8 Å². The maximum Gasteiger partial charge on any atom is 0.246 e. The van der Waals surface area contributed by atoms with Gasteiger partial charge in [-0.1, -0.05) is 38.1 Å². The number of nitrogens with one attached hydrogen (secondary N) is 3. The van der Waals surface area contributed by atoms with E-state index in [0.29, 0.717) is 24.4 Å². The first kappa shape index (κ1) is 26.4. The normalized spacial score (nSPS) is 18.3. The second kappa shape index (κ2) is 12.5. The third-order valence-corrected chi connectivity index (χ3v) is 6.42. The Morgan fingerprint density at radius 2 is 1.54 bits per heavy atom. The number of amides is 3. The van der Waals surface area contributed by atoms with Gasteiger partial charge in [0.2, 0.25) is 17.7 Å². The van der Waals surface area contributed by atoms with Crippen LogP contribution in [0.25, 0.3) is 0 Å². The summed E-state index contributed by atoms with van der Waals surface area (Å²) in [5.74, 6) is -0.479. The summed E-state index contributed by atoms with van der Waals surface area (Å²) in [6.07, 6.45) is 3.75. The number of anilines is 2. The van der Waals surface area contributed by atoms with Gasteiger partial charge in [-0.05, 0) is 67.0 Å². The van der Waals surface area contributed by atoms with E-state index in [4.69, 9.17) is 10.9 Å². The van der Waals surface area contributed by atoms with E-state index in [-0.39, 0.29) is 36.1 Å². The molecule has 0 aliphatic heterocycles. The number of hydroxylamine groups is 1. The summed E-state index contributed by atoms with van der Waals surface area (Å²) in [7, 11) is 0. The minimum absolute atomic E-state index is 0.00199. The summed E-state index contributed by atoms with van der Waals surface area (Å²) in [5.41, 5.74) is 11.4. The standard InChI is InChI=1S/C27H36N4O4/c1-17(14-18(2)27(34)31-35)15-26(33)30-21-10-6-19(7-11-21)4-3-5-25(32)29-22-12-8-20(9-13-22)23-16-24(23)28/h6-13,17-18,23-24,35H,3-5,14-16,28H2,1-2H3,(H,29,32)(H,30,33)(H,31,34). The zero-order valence-electron chi connectivity index (χ0n) is 20.4. The first-order valence-corrected chi connectivity index (χ1v) is 12.2. The number of carbonyl (C=O) groups is 3. The second-order valence-corrected chi connectivity index (χ2v) is 9.70. The molecular weight excluding hydrogens is 444 g/mol. The van der Waals surface area contributed by atoms with Crippen molar-refractivity contribution in [3.05, 3.63) is 59.7 Å². The highest BCUT2D eigenvalue weighted by atomic mass is 16.5. The van der Waals surface area contributed by atoms with E-state index < -0.39 is 5.91 Å². The lowest BCUT2D eigenvalue weighted by Gasteiger charge is -2.15. The Kier molecular flexibility index (Phi) is 9.39. The van der Waals surface area contributed by atoms with E-state index in [0.717, 1.165) is 30.5 Å². The van der Waals surface area contributed by atoms with Gasteiger partial charge in [0.25, 0.3) is 0 Å². The van der Waals surface area contributed by atoms with Crippen molar-refractivity contribution in [1.82, 2.24) is 5.48 Å². The zero-order chi connectivity index (χ0) is 25.4. The number of benzene rings is 2. The van der Waals surface area contributed by atoms with Gasteiger partial charge in [0, 0.05) is 42.1 Å². The van der Waals surface area contributed by atoms with Gasteiger partial charge in [0.15, 0.2) is 0 Å². The van der Waals surface area contributed by atoms with Crippen molar-refractivity contribution < 1.29 is 19.6 Å². The van der Waals surface area contributed by atoms with Gasteiger partial charge in [-0.15, -0.1) is 0 Å². The van der Waals surface area contributed by atoms with E-state index in [1.807, 2.05) is 55.5 Å². The number of nitrogens with two attached hydrogens (primary N) is 1. The highest BCUT2D eigenvalue weighted by molar-refractivity contribution is 5.91. The van der Waals surface area contributed by atoms with Crippen molar-refractivity contribution in [3.8, 4) is 0 Å². The van der Waals surface area contributed by atoms with Gasteiger partial charge in [-0.25, -0.2) is 5.48 Å². The van der Waals surface area contributed by atoms with Crippen molar-refractivity contribution in [2.24, 2.45) is 17.6 Å². The summed E-state index contributed by atoms with van der Waals surface area (Å²) in [6, 6.07) is 15.8. The SMILES string of the molecule is CC(CC(=O)Nc1ccc(CCCC(=O)Nc2ccc(C3CC3N)cc2)cc1)CC(C)C(=O)NO. The van der Waals surface area contributed by atoms with Crippen LogP contribution >= 0.6 is 0 Å². The van der Waals surface area contributed by atoms with Crippen LogP contribution in [-0.2, 0) is 20.8 Å². The van der Waals surface area contributed by atoms with Crippen molar-refractivity contribution >= 4 is 29.1 Å². The molecule has 0 aromatic heterocycles. The van der Waals surface area contributed by atoms with Crippen LogP contribution in [0.1, 0.15) is 63.0 Å². The zero-order valence-corrected chi connectivity index (χ0v) is 20.4. The summed E-state index contributed by atoms with van der Waals surface area (Å²) in [6.45, 7) is 3.62. The molecule has 4 atom stereocenters. The molecule has 3 rings (SSSR count). The molecule has 8 heteroatoms. The smallest absolute Gasteiger partial charge is 0.246 e. The van der Waals surface area contributed by atoms with Gasteiger partial charge < -0.3 is 16.4 Å². The van der Waals surface area contributed by atoms with E-state index in [1.54, 1.807) is 12.4 Å². The predicted molar refractivity (Wildman–Crippen MR) is 136 cm³/mol. The highest BCUT2D eigenvalue weighted by Gasteiger charge is 2.34. The third kappa shape index (κ3) is 8.49. The van der Waals surface area contributed by atoms with Crippen LogP contribution in [0.4, 0.5) is 11.4 Å². The Morgan fingerprint density at radius 1 is 0.971 bits per heavy atom.